The van der Waals surface area contributed by atoms with Crippen molar-refractivity contribution in [3.63, 3.8) is 0 Å². The van der Waals surface area contributed by atoms with Gasteiger partial charge in [-0.1, -0.05) is 43.8 Å². The van der Waals surface area contributed by atoms with Crippen LogP contribution in [0.5, 0.6) is 0 Å². The monoisotopic (exact) mass is 304 g/mol. The van der Waals surface area contributed by atoms with E-state index in [9.17, 15) is 4.79 Å². The van der Waals surface area contributed by atoms with Crippen LogP contribution in [0.4, 0.5) is 0 Å². The molecule has 0 N–H and O–H groups in total. The maximum absolute atomic E-state index is 11.0. The predicted octanol–water partition coefficient (Wildman–Crippen LogP) is 3.76. The van der Waals surface area contributed by atoms with Gasteiger partial charge in [0.2, 0.25) is 0 Å². The fraction of sp³-hybridized carbons (Fsp3) is 0.375. The van der Waals surface area contributed by atoms with Gasteiger partial charge in [0.1, 0.15) is 17.5 Å². The minimum absolute atomic E-state index is 0.209. The van der Waals surface area contributed by atoms with E-state index < -0.39 is 0 Å². The van der Waals surface area contributed by atoms with Crippen molar-refractivity contribution in [2.75, 3.05) is 0 Å². The Morgan fingerprint density at radius 2 is 2.00 bits per heavy atom. The number of carbonyl (C=O) groups is 1. The van der Waals surface area contributed by atoms with Gasteiger partial charge in [-0.2, -0.15) is 0 Å². The number of imidazole rings is 1. The third-order valence-electron chi connectivity index (χ3n) is 3.11. The molecule has 2 rings (SSSR count). The molecule has 21 heavy (non-hydrogen) atoms. The van der Waals surface area contributed by atoms with Gasteiger partial charge in [-0.25, -0.2) is 4.98 Å². The van der Waals surface area contributed by atoms with Gasteiger partial charge in [-0.15, -0.1) is 0 Å². The lowest BCUT2D eigenvalue weighted by Gasteiger charge is -2.10. The fourth-order valence-corrected chi connectivity index (χ4v) is 3.28. The van der Waals surface area contributed by atoms with Gasteiger partial charge >= 0.3 is 5.97 Å². The van der Waals surface area contributed by atoms with Crippen LogP contribution in [0.15, 0.2) is 40.3 Å². The number of nitrogens with zero attached hydrogens (tertiary/aromatic N) is 2. The van der Waals surface area contributed by atoms with Gasteiger partial charge in [0.25, 0.3) is 0 Å². The summed E-state index contributed by atoms with van der Waals surface area (Å²) in [6, 6.07) is 10.2. The maximum atomic E-state index is 11.0. The van der Waals surface area contributed by atoms with Crippen LogP contribution in [-0.4, -0.2) is 15.5 Å². The summed E-state index contributed by atoms with van der Waals surface area (Å²) in [6.07, 6.45) is 0. The van der Waals surface area contributed by atoms with Crippen molar-refractivity contribution in [3.8, 4) is 0 Å². The number of carbonyl (C=O) groups excluding carboxylic acids is 1. The molecular formula is C16H20N2O2S. The second kappa shape index (κ2) is 6.80. The highest BCUT2D eigenvalue weighted by atomic mass is 32.2. The molecule has 0 saturated heterocycles. The fourth-order valence-electron chi connectivity index (χ4n) is 2.14. The largest absolute Gasteiger partial charge is 0.458 e. The Kier molecular flexibility index (Phi) is 5.07. The lowest BCUT2D eigenvalue weighted by atomic mass is 10.1. The normalized spacial score (nSPS) is 10.9. The Bertz CT molecular complexity index is 621. The molecule has 0 unspecified atom stereocenters. The van der Waals surface area contributed by atoms with Crippen LogP contribution in [0.2, 0.25) is 0 Å². The predicted molar refractivity (Wildman–Crippen MR) is 83.3 cm³/mol. The van der Waals surface area contributed by atoms with Gasteiger partial charge in [-0.05, 0) is 18.1 Å². The highest BCUT2D eigenvalue weighted by Crippen LogP contribution is 2.33. The summed E-state index contributed by atoms with van der Waals surface area (Å²) < 4.78 is 7.10. The Morgan fingerprint density at radius 3 is 2.57 bits per heavy atom. The zero-order chi connectivity index (χ0) is 15.4. The number of hydrogen-bond donors (Lipinski definition) is 0. The number of hydrogen-bond acceptors (Lipinski definition) is 4. The Labute approximate surface area is 129 Å². The SMILES string of the molecule is CC(=O)OCc1nc(Sc2ccccc2)c(C(C)C)n1C. The molecule has 0 aliphatic heterocycles. The van der Waals surface area contributed by atoms with Crippen LogP contribution in [-0.2, 0) is 23.2 Å². The van der Waals surface area contributed by atoms with Crippen LogP contribution < -0.4 is 0 Å². The lowest BCUT2D eigenvalue weighted by Crippen LogP contribution is -2.07. The number of rotatable bonds is 5. The number of esters is 1. The van der Waals surface area contributed by atoms with Gasteiger partial charge in [-0.3, -0.25) is 4.79 Å². The molecule has 0 atom stereocenters. The van der Waals surface area contributed by atoms with Crippen LogP contribution >= 0.6 is 11.8 Å². The highest BCUT2D eigenvalue weighted by molar-refractivity contribution is 7.99. The molecule has 4 nitrogen and oxygen atoms in total. The second-order valence-corrected chi connectivity index (χ2v) is 6.19. The van der Waals surface area contributed by atoms with Crippen molar-refractivity contribution < 1.29 is 9.53 Å². The summed E-state index contributed by atoms with van der Waals surface area (Å²) in [7, 11) is 1.97. The average Bonchev–Trinajstić information content (AvgIpc) is 2.73. The maximum Gasteiger partial charge on any atom is 0.303 e. The molecule has 0 aliphatic carbocycles. The van der Waals surface area contributed by atoms with E-state index >= 15 is 0 Å². The van der Waals surface area contributed by atoms with Crippen molar-refractivity contribution in [3.05, 3.63) is 41.9 Å². The summed E-state index contributed by atoms with van der Waals surface area (Å²) in [4.78, 5) is 16.8. The highest BCUT2D eigenvalue weighted by Gasteiger charge is 2.18. The molecular weight excluding hydrogens is 284 g/mol. The molecule has 0 amide bonds. The van der Waals surface area contributed by atoms with Crippen LogP contribution in [0, 0.1) is 0 Å². The van der Waals surface area contributed by atoms with E-state index in [1.807, 2.05) is 29.8 Å². The Balaban J connectivity index is 2.31. The summed E-state index contributed by atoms with van der Waals surface area (Å²) >= 11 is 1.64. The Hall–Kier alpha value is -1.75. The molecule has 5 heteroatoms. The van der Waals surface area contributed by atoms with Crippen LogP contribution in [0.1, 0.15) is 38.2 Å². The first kappa shape index (κ1) is 15.6. The number of ether oxygens (including phenoxy) is 1. The molecule has 0 bridgehead atoms. The molecule has 1 heterocycles. The molecule has 0 fully saturated rings. The zero-order valence-electron chi connectivity index (χ0n) is 12.8. The third kappa shape index (κ3) is 3.88. The molecule has 0 radical (unpaired) electrons. The van der Waals surface area contributed by atoms with Gasteiger partial charge < -0.3 is 9.30 Å². The van der Waals surface area contributed by atoms with Gasteiger partial charge in [0.15, 0.2) is 0 Å². The summed E-state index contributed by atoms with van der Waals surface area (Å²) in [5.41, 5.74) is 1.16. The standard InChI is InChI=1S/C16H20N2O2S/c1-11(2)15-16(21-13-8-6-5-7-9-13)17-14(18(15)4)10-20-12(3)19/h5-9,11H,10H2,1-4H3. The van der Waals surface area contributed by atoms with Crippen molar-refractivity contribution in [1.82, 2.24) is 9.55 Å². The summed E-state index contributed by atoms with van der Waals surface area (Å²) in [5.74, 6) is 0.827. The first-order valence-electron chi connectivity index (χ1n) is 6.90. The van der Waals surface area contributed by atoms with Crippen molar-refractivity contribution in [2.45, 2.75) is 43.2 Å². The molecule has 0 spiro atoms. The average molecular weight is 304 g/mol. The van der Waals surface area contributed by atoms with E-state index in [2.05, 4.69) is 31.0 Å². The first-order valence-corrected chi connectivity index (χ1v) is 7.72. The van der Waals surface area contributed by atoms with Crippen LogP contribution in [0.3, 0.4) is 0 Å². The summed E-state index contributed by atoms with van der Waals surface area (Å²) in [5, 5.41) is 0.973. The Morgan fingerprint density at radius 1 is 1.33 bits per heavy atom. The van der Waals surface area contributed by atoms with Gasteiger partial charge in [0.05, 0.1) is 5.69 Å². The molecule has 1 aromatic carbocycles. The topological polar surface area (TPSA) is 44.1 Å². The van der Waals surface area contributed by atoms with E-state index in [0.29, 0.717) is 5.92 Å². The lowest BCUT2D eigenvalue weighted by molar-refractivity contribution is -0.142. The molecule has 1 aromatic heterocycles. The van der Waals surface area contributed by atoms with E-state index in [1.54, 1.807) is 11.8 Å². The minimum Gasteiger partial charge on any atom is -0.458 e. The molecule has 0 saturated carbocycles. The van der Waals surface area contributed by atoms with Crippen molar-refractivity contribution in [2.24, 2.45) is 7.05 Å². The molecule has 2 aromatic rings. The third-order valence-corrected chi connectivity index (χ3v) is 4.11. The van der Waals surface area contributed by atoms with E-state index in [-0.39, 0.29) is 12.6 Å². The quantitative estimate of drug-likeness (QED) is 0.789. The van der Waals surface area contributed by atoms with Crippen molar-refractivity contribution >= 4 is 17.7 Å². The summed E-state index contributed by atoms with van der Waals surface area (Å²) in [6.45, 7) is 5.90. The first-order chi connectivity index (χ1) is 9.99. The minimum atomic E-state index is -0.290. The number of benzene rings is 1. The van der Waals surface area contributed by atoms with E-state index in [4.69, 9.17) is 4.74 Å². The van der Waals surface area contributed by atoms with E-state index in [1.165, 1.54) is 6.92 Å². The van der Waals surface area contributed by atoms with E-state index in [0.717, 1.165) is 21.4 Å². The number of aromatic nitrogens is 2. The molecule has 0 aliphatic rings. The second-order valence-electron chi connectivity index (χ2n) is 5.13. The molecule has 112 valence electrons. The van der Waals surface area contributed by atoms with Crippen LogP contribution in [0.25, 0.3) is 0 Å². The van der Waals surface area contributed by atoms with Gasteiger partial charge in [0, 0.05) is 18.9 Å². The zero-order valence-corrected chi connectivity index (χ0v) is 13.6. The van der Waals surface area contributed by atoms with Crippen molar-refractivity contribution in [1.29, 1.82) is 0 Å². The smallest absolute Gasteiger partial charge is 0.303 e.